The van der Waals surface area contributed by atoms with Crippen LogP contribution in [0.25, 0.3) is 0 Å². The van der Waals surface area contributed by atoms with Crippen molar-refractivity contribution >= 4 is 33.2 Å². The molecule has 0 saturated carbocycles. The monoisotopic (exact) mass is 360 g/mol. The second-order valence-corrected chi connectivity index (χ2v) is 6.80. The van der Waals surface area contributed by atoms with Crippen LogP contribution in [-0.4, -0.2) is 41.8 Å². The van der Waals surface area contributed by atoms with Crippen molar-refractivity contribution in [3.8, 4) is 0 Å². The van der Waals surface area contributed by atoms with Crippen molar-refractivity contribution in [2.45, 2.75) is 31.7 Å². The molecule has 0 radical (unpaired) electrons. The number of anilines is 1. The molecule has 1 aromatic carbocycles. The van der Waals surface area contributed by atoms with Gasteiger partial charge in [-0.25, -0.2) is 0 Å². The molecule has 112 valence electrons. The first-order chi connectivity index (χ1) is 9.58. The molecule has 0 unspecified atom stereocenters. The molecule has 1 aliphatic rings. The average molecular weight is 362 g/mol. The highest BCUT2D eigenvalue weighted by Crippen LogP contribution is 2.30. The fourth-order valence-electron chi connectivity index (χ4n) is 2.72. The fraction of sp³-hybridized carbons (Fsp3) is 0.600. The number of hydrogen-bond acceptors (Lipinski definition) is 3. The maximum absolute atomic E-state index is 9.82. The van der Waals surface area contributed by atoms with Crippen LogP contribution < -0.4 is 5.32 Å². The van der Waals surface area contributed by atoms with Crippen LogP contribution in [0.2, 0.25) is 5.02 Å². The lowest BCUT2D eigenvalue weighted by molar-refractivity contribution is 0.119. The quantitative estimate of drug-likeness (QED) is 0.838. The summed E-state index contributed by atoms with van der Waals surface area (Å²) >= 11 is 9.45. The van der Waals surface area contributed by atoms with Crippen molar-refractivity contribution in [1.29, 1.82) is 0 Å². The molecule has 3 nitrogen and oxygen atoms in total. The molecule has 0 spiro atoms. The lowest BCUT2D eigenvalue weighted by atomic mass is 9.88. The molecule has 0 bridgehead atoms. The largest absolute Gasteiger partial charge is 0.394 e. The van der Waals surface area contributed by atoms with Crippen molar-refractivity contribution in [2.24, 2.45) is 0 Å². The van der Waals surface area contributed by atoms with Gasteiger partial charge in [0.05, 0.1) is 17.2 Å². The highest BCUT2D eigenvalue weighted by molar-refractivity contribution is 9.10. The number of nitrogens with one attached hydrogen (secondary N) is 1. The van der Waals surface area contributed by atoms with Crippen LogP contribution in [0.15, 0.2) is 22.7 Å². The SMILES string of the molecule is CCCN1CCC(CO)(Nc2ccc(Cl)c(Br)c2)CC1. The summed E-state index contributed by atoms with van der Waals surface area (Å²) in [6.07, 6.45) is 3.11. The zero-order chi connectivity index (χ0) is 14.6. The normalized spacial score (nSPS) is 19.0. The molecule has 1 saturated heterocycles. The van der Waals surface area contributed by atoms with Gasteiger partial charge in [-0.2, -0.15) is 0 Å². The van der Waals surface area contributed by atoms with E-state index in [4.69, 9.17) is 11.6 Å². The van der Waals surface area contributed by atoms with Gasteiger partial charge in [0.1, 0.15) is 0 Å². The number of aliphatic hydroxyl groups is 1. The first-order valence-electron chi connectivity index (χ1n) is 7.15. The van der Waals surface area contributed by atoms with E-state index in [2.05, 4.69) is 33.1 Å². The van der Waals surface area contributed by atoms with Crippen molar-refractivity contribution in [1.82, 2.24) is 4.90 Å². The molecule has 0 aliphatic carbocycles. The first-order valence-corrected chi connectivity index (χ1v) is 8.32. The van der Waals surface area contributed by atoms with E-state index < -0.39 is 0 Å². The molecule has 1 aliphatic heterocycles. The number of aliphatic hydroxyl groups excluding tert-OH is 1. The van der Waals surface area contributed by atoms with Gasteiger partial charge in [-0.3, -0.25) is 0 Å². The Morgan fingerprint density at radius 3 is 2.65 bits per heavy atom. The summed E-state index contributed by atoms with van der Waals surface area (Å²) in [6, 6.07) is 5.80. The molecule has 5 heteroatoms. The molecule has 0 aromatic heterocycles. The Hall–Kier alpha value is -0.290. The van der Waals surface area contributed by atoms with Gasteiger partial charge in [-0.15, -0.1) is 0 Å². The smallest absolute Gasteiger partial charge is 0.0662 e. The van der Waals surface area contributed by atoms with E-state index in [0.717, 1.165) is 42.6 Å². The predicted molar refractivity (Wildman–Crippen MR) is 88.6 cm³/mol. The number of benzene rings is 1. The molecular weight excluding hydrogens is 340 g/mol. The van der Waals surface area contributed by atoms with Gasteiger partial charge in [0.15, 0.2) is 0 Å². The standard InChI is InChI=1S/C15H22BrClN2O/c1-2-7-19-8-5-15(11-20,6-9-19)18-12-3-4-14(17)13(16)10-12/h3-4,10,18,20H,2,5-9,11H2,1H3. The minimum Gasteiger partial charge on any atom is -0.394 e. The molecule has 0 atom stereocenters. The molecular formula is C15H22BrClN2O. The van der Waals surface area contributed by atoms with E-state index in [-0.39, 0.29) is 12.1 Å². The topological polar surface area (TPSA) is 35.5 Å². The summed E-state index contributed by atoms with van der Waals surface area (Å²) in [5.74, 6) is 0. The highest BCUT2D eigenvalue weighted by atomic mass is 79.9. The van der Waals surface area contributed by atoms with Crippen molar-refractivity contribution < 1.29 is 5.11 Å². The lowest BCUT2D eigenvalue weighted by Gasteiger charge is -2.42. The summed E-state index contributed by atoms with van der Waals surface area (Å²) in [6.45, 7) is 5.59. The molecule has 2 rings (SSSR count). The van der Waals surface area contributed by atoms with Gasteiger partial charge in [0, 0.05) is 23.2 Å². The lowest BCUT2D eigenvalue weighted by Crippen LogP contribution is -2.51. The van der Waals surface area contributed by atoms with Crippen molar-refractivity contribution in [3.63, 3.8) is 0 Å². The van der Waals surface area contributed by atoms with Gasteiger partial charge in [-0.05, 0) is 59.9 Å². The Balaban J connectivity index is 2.03. The molecule has 0 amide bonds. The number of rotatable bonds is 5. The molecule has 1 aromatic rings. The zero-order valence-electron chi connectivity index (χ0n) is 11.8. The van der Waals surface area contributed by atoms with Crippen LogP contribution in [0, 0.1) is 0 Å². The third-order valence-electron chi connectivity index (χ3n) is 3.98. The minimum absolute atomic E-state index is 0.160. The Labute approximate surface area is 134 Å². The van der Waals surface area contributed by atoms with Crippen molar-refractivity contribution in [2.75, 3.05) is 31.6 Å². The Kier molecular flexibility index (Phi) is 5.73. The third-order valence-corrected chi connectivity index (χ3v) is 5.20. The average Bonchev–Trinajstić information content (AvgIpc) is 2.46. The number of hydrogen-bond donors (Lipinski definition) is 2. The van der Waals surface area contributed by atoms with Crippen LogP contribution in [-0.2, 0) is 0 Å². The van der Waals surface area contributed by atoms with Crippen LogP contribution in [0.1, 0.15) is 26.2 Å². The van der Waals surface area contributed by atoms with Crippen molar-refractivity contribution in [3.05, 3.63) is 27.7 Å². The van der Waals surface area contributed by atoms with Crippen LogP contribution in [0.5, 0.6) is 0 Å². The van der Waals surface area contributed by atoms with E-state index >= 15 is 0 Å². The Morgan fingerprint density at radius 1 is 1.40 bits per heavy atom. The molecule has 1 fully saturated rings. The van der Waals surface area contributed by atoms with Gasteiger partial charge < -0.3 is 15.3 Å². The van der Waals surface area contributed by atoms with Gasteiger partial charge in [0.25, 0.3) is 0 Å². The summed E-state index contributed by atoms with van der Waals surface area (Å²) in [7, 11) is 0. The van der Waals surface area contributed by atoms with E-state index in [1.807, 2.05) is 18.2 Å². The fourth-order valence-corrected chi connectivity index (χ4v) is 3.22. The van der Waals surface area contributed by atoms with Gasteiger partial charge in [0.2, 0.25) is 0 Å². The number of nitrogens with zero attached hydrogens (tertiary/aromatic N) is 1. The molecule has 1 heterocycles. The summed E-state index contributed by atoms with van der Waals surface area (Å²) < 4.78 is 0.876. The molecule has 20 heavy (non-hydrogen) atoms. The molecule has 2 N–H and O–H groups in total. The van der Waals surface area contributed by atoms with Crippen LogP contribution in [0.4, 0.5) is 5.69 Å². The van der Waals surface area contributed by atoms with Crippen LogP contribution in [0.3, 0.4) is 0 Å². The van der Waals surface area contributed by atoms with E-state index in [1.165, 1.54) is 6.42 Å². The van der Waals surface area contributed by atoms with E-state index in [0.29, 0.717) is 5.02 Å². The predicted octanol–water partition coefficient (Wildman–Crippen LogP) is 3.75. The maximum Gasteiger partial charge on any atom is 0.0662 e. The minimum atomic E-state index is -0.211. The second-order valence-electron chi connectivity index (χ2n) is 5.53. The summed E-state index contributed by atoms with van der Waals surface area (Å²) in [5, 5.41) is 14.0. The summed E-state index contributed by atoms with van der Waals surface area (Å²) in [4.78, 5) is 2.47. The number of piperidine rings is 1. The zero-order valence-corrected chi connectivity index (χ0v) is 14.2. The third kappa shape index (κ3) is 3.88. The van der Waals surface area contributed by atoms with Gasteiger partial charge >= 0.3 is 0 Å². The highest BCUT2D eigenvalue weighted by Gasteiger charge is 2.33. The summed E-state index contributed by atoms with van der Waals surface area (Å²) in [5.41, 5.74) is 0.789. The Morgan fingerprint density at radius 2 is 2.10 bits per heavy atom. The first kappa shape index (κ1) is 16.1. The Bertz CT molecular complexity index is 447. The second kappa shape index (κ2) is 7.12. The number of halogens is 2. The number of likely N-dealkylation sites (tertiary alicyclic amines) is 1. The van der Waals surface area contributed by atoms with Gasteiger partial charge in [-0.1, -0.05) is 18.5 Å². The van der Waals surface area contributed by atoms with Crippen LogP contribution >= 0.6 is 27.5 Å². The van der Waals surface area contributed by atoms with E-state index in [1.54, 1.807) is 0 Å². The van der Waals surface area contributed by atoms with E-state index in [9.17, 15) is 5.11 Å². The maximum atomic E-state index is 9.82.